The lowest BCUT2D eigenvalue weighted by Crippen LogP contribution is -2.43. The van der Waals surface area contributed by atoms with Crippen molar-refractivity contribution < 1.29 is 14.4 Å². The van der Waals surface area contributed by atoms with Crippen molar-refractivity contribution in [2.45, 2.75) is 45.8 Å². The second-order valence-electron chi connectivity index (χ2n) is 6.42. The van der Waals surface area contributed by atoms with E-state index in [-0.39, 0.29) is 6.09 Å². The molecule has 1 aromatic rings. The maximum Gasteiger partial charge on any atom is 0.410 e. The molecule has 0 spiro atoms. The monoisotopic (exact) mass is 304 g/mol. The van der Waals surface area contributed by atoms with Gasteiger partial charge in [-0.1, -0.05) is 35.5 Å². The molecular weight excluding hydrogens is 280 g/mol. The summed E-state index contributed by atoms with van der Waals surface area (Å²) in [6.07, 6.45) is 1.45. The van der Waals surface area contributed by atoms with Gasteiger partial charge in [-0.15, -0.1) is 0 Å². The molecule has 0 N–H and O–H groups in total. The molecular formula is C17H24N2O3. The van der Waals surface area contributed by atoms with Crippen molar-refractivity contribution in [2.75, 3.05) is 13.1 Å². The van der Waals surface area contributed by atoms with Gasteiger partial charge in [0.2, 0.25) is 0 Å². The first-order valence-electron chi connectivity index (χ1n) is 7.63. The van der Waals surface area contributed by atoms with Crippen LogP contribution in [0, 0.1) is 0 Å². The number of nitrogens with zero attached hydrogens (tertiary/aromatic N) is 2. The van der Waals surface area contributed by atoms with Crippen molar-refractivity contribution in [2.24, 2.45) is 5.16 Å². The fourth-order valence-electron chi connectivity index (χ4n) is 2.18. The van der Waals surface area contributed by atoms with Crippen molar-refractivity contribution in [3.05, 3.63) is 35.9 Å². The molecule has 0 atom stereocenters. The number of benzene rings is 1. The summed E-state index contributed by atoms with van der Waals surface area (Å²) in [6.45, 7) is 7.22. The number of likely N-dealkylation sites (tertiary alicyclic amines) is 1. The Hall–Kier alpha value is -2.04. The highest BCUT2D eigenvalue weighted by atomic mass is 16.6. The zero-order valence-electron chi connectivity index (χ0n) is 13.5. The van der Waals surface area contributed by atoms with Gasteiger partial charge in [0.25, 0.3) is 0 Å². The van der Waals surface area contributed by atoms with E-state index >= 15 is 0 Å². The predicted octanol–water partition coefficient (Wildman–Crippen LogP) is 3.59. The Morgan fingerprint density at radius 2 is 2.00 bits per heavy atom. The molecule has 1 heterocycles. The molecule has 1 saturated heterocycles. The smallest absolute Gasteiger partial charge is 0.410 e. The van der Waals surface area contributed by atoms with Crippen LogP contribution in [0.4, 0.5) is 4.79 Å². The fraction of sp³-hybridized carbons (Fsp3) is 0.529. The summed E-state index contributed by atoms with van der Waals surface area (Å²) in [6, 6.07) is 9.89. The second kappa shape index (κ2) is 7.29. The number of ether oxygens (including phenoxy) is 1. The van der Waals surface area contributed by atoms with Gasteiger partial charge in [0.05, 0.1) is 12.3 Å². The number of amides is 1. The van der Waals surface area contributed by atoms with Gasteiger partial charge in [-0.25, -0.2) is 4.79 Å². The average Bonchev–Trinajstić information content (AvgIpc) is 2.47. The lowest BCUT2D eigenvalue weighted by molar-refractivity contribution is 0.0262. The molecule has 0 aromatic heterocycles. The third-order valence-corrected chi connectivity index (χ3v) is 3.19. The largest absolute Gasteiger partial charge is 0.444 e. The highest BCUT2D eigenvalue weighted by Gasteiger charge is 2.25. The van der Waals surface area contributed by atoms with Gasteiger partial charge in [0.1, 0.15) is 12.2 Å². The summed E-state index contributed by atoms with van der Waals surface area (Å²) in [7, 11) is 0. The van der Waals surface area contributed by atoms with Gasteiger partial charge in [-0.05, 0) is 39.2 Å². The minimum absolute atomic E-state index is 0.289. The first-order chi connectivity index (χ1) is 10.4. The van der Waals surface area contributed by atoms with E-state index in [0.29, 0.717) is 19.7 Å². The Kier molecular flexibility index (Phi) is 5.41. The van der Waals surface area contributed by atoms with E-state index in [1.165, 1.54) is 0 Å². The number of oxime groups is 1. The van der Waals surface area contributed by atoms with Crippen molar-refractivity contribution in [1.82, 2.24) is 4.90 Å². The lowest BCUT2D eigenvalue weighted by atomic mass is 10.1. The van der Waals surface area contributed by atoms with Gasteiger partial charge in [-0.2, -0.15) is 0 Å². The van der Waals surface area contributed by atoms with E-state index in [4.69, 9.17) is 9.57 Å². The molecule has 1 fully saturated rings. The Bertz CT molecular complexity index is 520. The molecule has 1 aliphatic heterocycles. The number of carbonyl (C=O) groups is 1. The van der Waals surface area contributed by atoms with Gasteiger partial charge >= 0.3 is 6.09 Å². The third kappa shape index (κ3) is 5.39. The van der Waals surface area contributed by atoms with Gasteiger partial charge < -0.3 is 14.5 Å². The standard InChI is InChI=1S/C17H24N2O3/c1-17(2,3)22-16(20)19-11-7-10-15(12-19)18-21-13-14-8-5-4-6-9-14/h4-6,8-9H,7,10-13H2,1-3H3/b18-15+. The Labute approximate surface area is 131 Å². The Morgan fingerprint density at radius 1 is 1.27 bits per heavy atom. The van der Waals surface area contributed by atoms with Crippen LogP contribution in [-0.4, -0.2) is 35.4 Å². The lowest BCUT2D eigenvalue weighted by Gasteiger charge is -2.30. The SMILES string of the molecule is CC(C)(C)OC(=O)N1CCC/C(=N\OCc2ccccc2)C1. The number of carbonyl (C=O) groups excluding carboxylic acids is 1. The Balaban J connectivity index is 1.84. The molecule has 2 rings (SSSR count). The van der Waals surface area contributed by atoms with Crippen molar-refractivity contribution in [1.29, 1.82) is 0 Å². The van der Waals surface area contributed by atoms with E-state index in [1.54, 1.807) is 4.90 Å². The molecule has 0 bridgehead atoms. The van der Waals surface area contributed by atoms with E-state index in [2.05, 4.69) is 5.16 Å². The van der Waals surface area contributed by atoms with Crippen LogP contribution in [0.2, 0.25) is 0 Å². The van der Waals surface area contributed by atoms with Crippen LogP contribution in [0.25, 0.3) is 0 Å². The molecule has 0 unspecified atom stereocenters. The average molecular weight is 304 g/mol. The number of hydrogen-bond donors (Lipinski definition) is 0. The van der Waals surface area contributed by atoms with E-state index < -0.39 is 5.60 Å². The first-order valence-corrected chi connectivity index (χ1v) is 7.63. The molecule has 5 nitrogen and oxygen atoms in total. The van der Waals surface area contributed by atoms with E-state index in [1.807, 2.05) is 51.1 Å². The summed E-state index contributed by atoms with van der Waals surface area (Å²) in [5.41, 5.74) is 1.48. The van der Waals surface area contributed by atoms with Crippen molar-refractivity contribution in [3.63, 3.8) is 0 Å². The van der Waals surface area contributed by atoms with E-state index in [9.17, 15) is 4.79 Å². The summed E-state index contributed by atoms with van der Waals surface area (Å²) in [5, 5.41) is 4.17. The third-order valence-electron chi connectivity index (χ3n) is 3.19. The van der Waals surface area contributed by atoms with Crippen LogP contribution in [0.1, 0.15) is 39.2 Å². The highest BCUT2D eigenvalue weighted by Crippen LogP contribution is 2.14. The first kappa shape index (κ1) is 16.3. The number of piperidine rings is 1. The molecule has 120 valence electrons. The fourth-order valence-corrected chi connectivity index (χ4v) is 2.18. The summed E-state index contributed by atoms with van der Waals surface area (Å²) < 4.78 is 5.39. The van der Waals surface area contributed by atoms with Crippen LogP contribution in [-0.2, 0) is 16.2 Å². The minimum atomic E-state index is -0.477. The van der Waals surface area contributed by atoms with Gasteiger partial charge in [-0.3, -0.25) is 0 Å². The van der Waals surface area contributed by atoms with Gasteiger partial charge in [0, 0.05) is 6.54 Å². The summed E-state index contributed by atoms with van der Waals surface area (Å²) >= 11 is 0. The van der Waals surface area contributed by atoms with Gasteiger partial charge in [0.15, 0.2) is 0 Å². The van der Waals surface area contributed by atoms with Crippen LogP contribution in [0.5, 0.6) is 0 Å². The predicted molar refractivity (Wildman–Crippen MR) is 85.7 cm³/mol. The molecule has 0 radical (unpaired) electrons. The molecule has 1 aliphatic rings. The highest BCUT2D eigenvalue weighted by molar-refractivity contribution is 5.89. The minimum Gasteiger partial charge on any atom is -0.444 e. The Morgan fingerprint density at radius 3 is 2.68 bits per heavy atom. The zero-order valence-corrected chi connectivity index (χ0v) is 13.5. The maximum atomic E-state index is 12.1. The zero-order chi connectivity index (χ0) is 16.0. The summed E-state index contributed by atoms with van der Waals surface area (Å²) in [4.78, 5) is 19.1. The van der Waals surface area contributed by atoms with Crippen LogP contribution < -0.4 is 0 Å². The molecule has 1 aromatic carbocycles. The van der Waals surface area contributed by atoms with Crippen LogP contribution in [0.3, 0.4) is 0 Å². The normalized spacial score (nSPS) is 17.4. The quantitative estimate of drug-likeness (QED) is 0.802. The second-order valence-corrected chi connectivity index (χ2v) is 6.42. The molecule has 0 saturated carbocycles. The molecule has 22 heavy (non-hydrogen) atoms. The van der Waals surface area contributed by atoms with E-state index in [0.717, 1.165) is 24.1 Å². The van der Waals surface area contributed by atoms with Crippen molar-refractivity contribution in [3.8, 4) is 0 Å². The van der Waals surface area contributed by atoms with Crippen LogP contribution in [0.15, 0.2) is 35.5 Å². The maximum absolute atomic E-state index is 12.1. The summed E-state index contributed by atoms with van der Waals surface area (Å²) in [5.74, 6) is 0. The van der Waals surface area contributed by atoms with Crippen molar-refractivity contribution >= 4 is 11.8 Å². The topological polar surface area (TPSA) is 51.1 Å². The number of rotatable bonds is 3. The molecule has 5 heteroatoms. The van der Waals surface area contributed by atoms with Crippen LogP contribution >= 0.6 is 0 Å². The molecule has 1 amide bonds. The number of hydrogen-bond acceptors (Lipinski definition) is 4. The molecule has 0 aliphatic carbocycles.